The van der Waals surface area contributed by atoms with Crippen molar-refractivity contribution >= 4 is 17.1 Å². The Morgan fingerprint density at radius 2 is 1.04 bits per heavy atom. The number of hydrogen-bond acceptors (Lipinski definition) is 1. The molecule has 1 nitrogen and oxygen atoms in total. The van der Waals surface area contributed by atoms with Crippen molar-refractivity contribution in [3.05, 3.63) is 187 Å². The number of hydrogen-bond donors (Lipinski definition) is 0. The van der Waals surface area contributed by atoms with Crippen LogP contribution in [0.2, 0.25) is 0 Å². The van der Waals surface area contributed by atoms with Gasteiger partial charge < -0.3 is 4.90 Å². The van der Waals surface area contributed by atoms with Crippen LogP contribution in [0.15, 0.2) is 176 Å². The first-order chi connectivity index (χ1) is 26.6. The number of anilines is 3. The molecule has 54 heavy (non-hydrogen) atoms. The van der Waals surface area contributed by atoms with Crippen LogP contribution in [0, 0.1) is 23.7 Å². The van der Waals surface area contributed by atoms with E-state index in [0.717, 1.165) is 28.9 Å². The second-order valence-corrected chi connectivity index (χ2v) is 16.4. The van der Waals surface area contributed by atoms with Crippen molar-refractivity contribution < 1.29 is 0 Å². The molecule has 5 unspecified atom stereocenters. The molecule has 0 aromatic heterocycles. The topological polar surface area (TPSA) is 3.24 Å². The smallest absolute Gasteiger partial charge is 0.0540 e. The zero-order valence-electron chi connectivity index (χ0n) is 31.3. The molecule has 5 atom stereocenters. The van der Waals surface area contributed by atoms with Gasteiger partial charge in [-0.25, -0.2) is 0 Å². The molecule has 0 radical (unpaired) electrons. The minimum Gasteiger partial charge on any atom is -0.310 e. The fourth-order valence-electron chi connectivity index (χ4n) is 11.1. The van der Waals surface area contributed by atoms with Gasteiger partial charge in [0.25, 0.3) is 0 Å². The Balaban J connectivity index is 1.07. The Kier molecular flexibility index (Phi) is 8.13. The van der Waals surface area contributed by atoms with Crippen molar-refractivity contribution in [1.82, 2.24) is 0 Å². The number of para-hydroxylation sites is 1. The average molecular weight is 698 g/mol. The van der Waals surface area contributed by atoms with E-state index in [1.807, 2.05) is 0 Å². The van der Waals surface area contributed by atoms with Gasteiger partial charge in [0, 0.05) is 22.4 Å². The van der Waals surface area contributed by atoms with Crippen molar-refractivity contribution in [2.75, 3.05) is 4.90 Å². The summed E-state index contributed by atoms with van der Waals surface area (Å²) in [4.78, 5) is 2.42. The van der Waals surface area contributed by atoms with Gasteiger partial charge in [-0.05, 0) is 136 Å². The van der Waals surface area contributed by atoms with Crippen molar-refractivity contribution in [2.24, 2.45) is 23.7 Å². The third-order valence-corrected chi connectivity index (χ3v) is 13.2. The minimum absolute atomic E-state index is 0.125. The lowest BCUT2D eigenvalue weighted by atomic mass is 9.49. The fraction of sp³-hybridized carbons (Fsp3) is 0.208. The molecular formula is C53H47N. The highest BCUT2D eigenvalue weighted by Crippen LogP contribution is 2.64. The van der Waals surface area contributed by atoms with Crippen molar-refractivity contribution in [1.29, 1.82) is 0 Å². The van der Waals surface area contributed by atoms with Crippen LogP contribution in [-0.4, -0.2) is 0 Å². The Labute approximate surface area is 321 Å². The maximum Gasteiger partial charge on any atom is 0.0540 e. The van der Waals surface area contributed by atoms with Gasteiger partial charge in [0.05, 0.1) is 5.69 Å². The molecule has 10 rings (SSSR count). The van der Waals surface area contributed by atoms with Crippen LogP contribution >= 0.6 is 0 Å². The first kappa shape index (κ1) is 32.9. The quantitative estimate of drug-likeness (QED) is 0.167. The van der Waals surface area contributed by atoms with Gasteiger partial charge in [-0.3, -0.25) is 0 Å². The molecule has 1 spiro atoms. The summed E-state index contributed by atoms with van der Waals surface area (Å²) in [5.74, 6) is 3.06. The molecule has 2 fully saturated rings. The summed E-state index contributed by atoms with van der Waals surface area (Å²) in [6.07, 6.45) is 5.48. The normalized spacial score (nSPS) is 22.4. The molecule has 264 valence electrons. The van der Waals surface area contributed by atoms with Crippen LogP contribution in [0.5, 0.6) is 0 Å². The maximum atomic E-state index is 2.56. The minimum atomic E-state index is 0.125. The van der Waals surface area contributed by atoms with E-state index >= 15 is 0 Å². The van der Waals surface area contributed by atoms with Crippen LogP contribution in [0.25, 0.3) is 44.5 Å². The summed E-state index contributed by atoms with van der Waals surface area (Å²) in [7, 11) is 0. The first-order valence-electron chi connectivity index (χ1n) is 20.0. The second-order valence-electron chi connectivity index (χ2n) is 16.4. The molecule has 0 N–H and O–H groups in total. The summed E-state index contributed by atoms with van der Waals surface area (Å²) in [6.45, 7) is 5.06. The van der Waals surface area contributed by atoms with Gasteiger partial charge in [0.2, 0.25) is 0 Å². The van der Waals surface area contributed by atoms with E-state index in [1.54, 1.807) is 11.1 Å². The third kappa shape index (κ3) is 5.36. The van der Waals surface area contributed by atoms with E-state index in [2.05, 4.69) is 195 Å². The summed E-state index contributed by atoms with van der Waals surface area (Å²) in [5.41, 5.74) is 17.0. The maximum absolute atomic E-state index is 2.56. The highest BCUT2D eigenvalue weighted by atomic mass is 15.1. The average Bonchev–Trinajstić information content (AvgIpc) is 3.52. The SMILES string of the molecule is CC1CC2CC(C)C3(c4ccccc4-c4cc(-c5ccc(N(c6cccc(-c7ccccc7)c6)c6ccccc6-c6ccccc6)cc5)ccc43)C(C1)C2. The van der Waals surface area contributed by atoms with Crippen LogP contribution < -0.4 is 4.90 Å². The Morgan fingerprint density at radius 1 is 0.426 bits per heavy atom. The molecule has 3 aliphatic rings. The number of fused-ring (bicyclic) bond motifs is 8. The van der Waals surface area contributed by atoms with Gasteiger partial charge in [0.1, 0.15) is 0 Å². The van der Waals surface area contributed by atoms with Crippen molar-refractivity contribution in [3.63, 3.8) is 0 Å². The zero-order valence-corrected chi connectivity index (χ0v) is 31.3. The summed E-state index contributed by atoms with van der Waals surface area (Å²) in [6, 6.07) is 65.3. The van der Waals surface area contributed by atoms with Crippen LogP contribution in [-0.2, 0) is 5.41 Å². The number of benzene rings is 7. The van der Waals surface area contributed by atoms with E-state index in [0.29, 0.717) is 11.8 Å². The molecule has 0 heterocycles. The van der Waals surface area contributed by atoms with Crippen LogP contribution in [0.3, 0.4) is 0 Å². The molecule has 2 bridgehead atoms. The predicted octanol–water partition coefficient (Wildman–Crippen LogP) is 14.5. The van der Waals surface area contributed by atoms with Gasteiger partial charge in [-0.15, -0.1) is 0 Å². The van der Waals surface area contributed by atoms with Gasteiger partial charge >= 0.3 is 0 Å². The second kappa shape index (κ2) is 13.3. The van der Waals surface area contributed by atoms with Gasteiger partial charge in [-0.2, -0.15) is 0 Å². The number of nitrogens with zero attached hydrogens (tertiary/aromatic N) is 1. The van der Waals surface area contributed by atoms with Crippen molar-refractivity contribution in [2.45, 2.75) is 44.9 Å². The highest BCUT2D eigenvalue weighted by Gasteiger charge is 2.56. The first-order valence-corrected chi connectivity index (χ1v) is 20.0. The lowest BCUT2D eigenvalue weighted by Gasteiger charge is -2.54. The molecule has 7 aromatic carbocycles. The summed E-state index contributed by atoms with van der Waals surface area (Å²) < 4.78 is 0. The molecule has 0 aliphatic heterocycles. The van der Waals surface area contributed by atoms with Crippen LogP contribution in [0.4, 0.5) is 17.1 Å². The molecular weight excluding hydrogens is 651 g/mol. The monoisotopic (exact) mass is 697 g/mol. The van der Waals surface area contributed by atoms with E-state index in [9.17, 15) is 0 Å². The molecule has 1 heteroatoms. The van der Waals surface area contributed by atoms with E-state index in [1.165, 1.54) is 70.2 Å². The standard InChI is InChI=1S/C53H47N/c1-36-30-38-32-37(2)53(44(31-36)33-38)50-22-11-9-21-48(50)49-35-43(26-29-51(49)53)40-24-27-45(28-25-40)54(46-19-13-18-42(34-46)39-14-5-3-6-15-39)52-23-12-10-20-47(52)41-16-7-4-8-17-41/h3-29,34-38,44H,30-33H2,1-2H3. The molecule has 0 saturated heterocycles. The predicted molar refractivity (Wildman–Crippen MR) is 227 cm³/mol. The third-order valence-electron chi connectivity index (χ3n) is 13.2. The fourth-order valence-corrected chi connectivity index (χ4v) is 11.1. The van der Waals surface area contributed by atoms with Gasteiger partial charge in [-0.1, -0.05) is 153 Å². The summed E-state index contributed by atoms with van der Waals surface area (Å²) in [5, 5.41) is 0. The zero-order chi connectivity index (χ0) is 36.2. The lowest BCUT2D eigenvalue weighted by Crippen LogP contribution is -2.49. The lowest BCUT2D eigenvalue weighted by molar-refractivity contribution is 0.0426. The van der Waals surface area contributed by atoms with E-state index in [-0.39, 0.29) is 5.41 Å². The molecule has 7 aromatic rings. The highest BCUT2D eigenvalue weighted by molar-refractivity contribution is 5.90. The Hall–Kier alpha value is -5.66. The summed E-state index contributed by atoms with van der Waals surface area (Å²) >= 11 is 0. The Bertz CT molecular complexity index is 2440. The van der Waals surface area contributed by atoms with Gasteiger partial charge in [0.15, 0.2) is 0 Å². The molecule has 3 aliphatic carbocycles. The van der Waals surface area contributed by atoms with E-state index in [4.69, 9.17) is 0 Å². The largest absolute Gasteiger partial charge is 0.310 e. The molecule has 2 saturated carbocycles. The van der Waals surface area contributed by atoms with Crippen LogP contribution in [0.1, 0.15) is 50.7 Å². The molecule has 0 amide bonds. The van der Waals surface area contributed by atoms with E-state index < -0.39 is 0 Å². The van der Waals surface area contributed by atoms with Crippen molar-refractivity contribution in [3.8, 4) is 44.5 Å². The number of rotatable bonds is 6. The Morgan fingerprint density at radius 3 is 1.83 bits per heavy atom.